The summed E-state index contributed by atoms with van der Waals surface area (Å²) in [7, 11) is 1.96. The van der Waals surface area contributed by atoms with Gasteiger partial charge in [-0.3, -0.25) is 4.79 Å². The third kappa shape index (κ3) is 2.15. The van der Waals surface area contributed by atoms with Crippen LogP contribution in [0.5, 0.6) is 0 Å². The summed E-state index contributed by atoms with van der Waals surface area (Å²) in [6, 6.07) is 9.66. The van der Waals surface area contributed by atoms with Crippen LogP contribution in [0.25, 0.3) is 0 Å². The molecule has 1 unspecified atom stereocenters. The molecule has 4 atom stereocenters. The van der Waals surface area contributed by atoms with Crippen molar-refractivity contribution in [2.24, 2.45) is 5.92 Å². The van der Waals surface area contributed by atoms with Crippen molar-refractivity contribution in [1.82, 2.24) is 0 Å². The molecule has 2 aliphatic rings. The highest BCUT2D eigenvalue weighted by Crippen LogP contribution is 2.46. The van der Waals surface area contributed by atoms with E-state index in [0.717, 1.165) is 12.0 Å². The monoisotopic (exact) mass is 274 g/mol. The fraction of sp³-hybridized carbons (Fsp3) is 0.533. The molecule has 5 heteroatoms. The van der Waals surface area contributed by atoms with Crippen molar-refractivity contribution in [1.29, 1.82) is 0 Å². The number of benzene rings is 1. The largest absolute Gasteiger partial charge is 0.460 e. The van der Waals surface area contributed by atoms with Gasteiger partial charge in [-0.25, -0.2) is 0 Å². The summed E-state index contributed by atoms with van der Waals surface area (Å²) in [4.78, 5) is 12.4. The molecule has 2 saturated heterocycles. The second-order valence-corrected chi connectivity index (χ2v) is 5.59. The molecule has 20 heavy (non-hydrogen) atoms. The molecule has 0 aliphatic carbocycles. The summed E-state index contributed by atoms with van der Waals surface area (Å²) in [5, 5.41) is 0. The Morgan fingerprint density at radius 1 is 1.45 bits per heavy atom. The minimum absolute atomic E-state index is 0.0435. The number of hydrogen-bond acceptors (Lipinski definition) is 4. The van der Waals surface area contributed by atoms with Gasteiger partial charge in [0.15, 0.2) is 0 Å². The van der Waals surface area contributed by atoms with E-state index in [0.29, 0.717) is 13.2 Å². The van der Waals surface area contributed by atoms with Crippen molar-refractivity contribution >= 4 is 13.8 Å². The number of fused-ring (bicyclic) bond motifs is 2. The third-order valence-corrected chi connectivity index (χ3v) is 4.38. The van der Waals surface area contributed by atoms with Crippen molar-refractivity contribution in [3.8, 4) is 0 Å². The highest BCUT2D eigenvalue weighted by atomic mass is 16.6. The Morgan fingerprint density at radius 3 is 2.85 bits per heavy atom. The minimum atomic E-state index is -0.488. The van der Waals surface area contributed by atoms with Crippen LogP contribution in [0.4, 0.5) is 0 Å². The quantitative estimate of drug-likeness (QED) is 0.604. The average molecular weight is 274 g/mol. The number of hydrogen-bond donors (Lipinski definition) is 0. The second-order valence-electron chi connectivity index (χ2n) is 5.59. The van der Waals surface area contributed by atoms with Crippen LogP contribution in [-0.2, 0) is 25.6 Å². The Labute approximate surface area is 119 Å². The summed E-state index contributed by atoms with van der Waals surface area (Å²) in [6.07, 6.45) is 0.595. The van der Waals surface area contributed by atoms with Crippen LogP contribution in [-0.4, -0.2) is 38.1 Å². The Balaban J connectivity index is 1.68. The lowest BCUT2D eigenvalue weighted by molar-refractivity contribution is -0.155. The Kier molecular flexibility index (Phi) is 3.56. The molecular weight excluding hydrogens is 255 g/mol. The van der Waals surface area contributed by atoms with Gasteiger partial charge in [0, 0.05) is 0 Å². The zero-order valence-corrected chi connectivity index (χ0v) is 11.9. The third-order valence-electron chi connectivity index (χ3n) is 4.38. The molecule has 4 nitrogen and oxygen atoms in total. The fourth-order valence-electron chi connectivity index (χ4n) is 3.25. The highest BCUT2D eigenvalue weighted by molar-refractivity contribution is 6.12. The number of carbonyl (C=O) groups is 1. The van der Waals surface area contributed by atoms with Gasteiger partial charge in [-0.05, 0) is 12.0 Å². The molecule has 1 aromatic rings. The maximum Gasteiger partial charge on any atom is 0.315 e. The molecule has 0 radical (unpaired) electrons. The predicted octanol–water partition coefficient (Wildman–Crippen LogP) is 0.883. The smallest absolute Gasteiger partial charge is 0.315 e. The molecule has 2 fully saturated rings. The normalized spacial score (nSPS) is 35.1. The van der Waals surface area contributed by atoms with Gasteiger partial charge < -0.3 is 14.2 Å². The van der Waals surface area contributed by atoms with Crippen LogP contribution in [0.1, 0.15) is 18.9 Å². The van der Waals surface area contributed by atoms with Crippen molar-refractivity contribution in [3.63, 3.8) is 0 Å². The molecule has 1 aromatic carbocycles. The van der Waals surface area contributed by atoms with Crippen molar-refractivity contribution in [3.05, 3.63) is 35.9 Å². The molecule has 0 saturated carbocycles. The second kappa shape index (κ2) is 5.22. The molecule has 2 aliphatic heterocycles. The van der Waals surface area contributed by atoms with Gasteiger partial charge in [0.05, 0.1) is 18.7 Å². The lowest BCUT2D eigenvalue weighted by Crippen LogP contribution is -2.40. The van der Waals surface area contributed by atoms with Crippen LogP contribution < -0.4 is 0 Å². The Bertz CT molecular complexity index is 492. The minimum Gasteiger partial charge on any atom is -0.460 e. The summed E-state index contributed by atoms with van der Waals surface area (Å²) in [5.41, 5.74) is 0.504. The topological polar surface area (TPSA) is 44.8 Å². The van der Waals surface area contributed by atoms with Gasteiger partial charge in [0.2, 0.25) is 0 Å². The summed E-state index contributed by atoms with van der Waals surface area (Å²) in [6.45, 7) is 2.82. The summed E-state index contributed by atoms with van der Waals surface area (Å²) >= 11 is 0. The van der Waals surface area contributed by atoms with Gasteiger partial charge in [0.25, 0.3) is 0 Å². The highest BCUT2D eigenvalue weighted by Gasteiger charge is 2.62. The number of esters is 1. The van der Waals surface area contributed by atoms with E-state index in [1.807, 2.05) is 45.1 Å². The molecule has 3 rings (SSSR count). The standard InChI is InChI=1S/C15H19BO4/c1-2-15-9-19-12(13(16)20-15)11(15)14(17)18-8-10-6-4-3-5-7-10/h3-7,11-13H,2,8-9,16H2,1H3/t11?,12-,13-,15-/m1/s1. The molecular formula is C15H19BO4. The SMILES string of the molecule is B[C@@H]1O[C@]2(CC)CO[C@@H]1C2C(=O)OCc1ccccc1. The van der Waals surface area contributed by atoms with E-state index >= 15 is 0 Å². The first-order chi connectivity index (χ1) is 9.66. The number of ether oxygens (including phenoxy) is 3. The lowest BCUT2D eigenvalue weighted by atomic mass is 9.83. The van der Waals surface area contributed by atoms with Crippen molar-refractivity contribution < 1.29 is 19.0 Å². The lowest BCUT2D eigenvalue weighted by Gasteiger charge is -2.29. The van der Waals surface area contributed by atoms with Crippen molar-refractivity contribution in [2.45, 2.75) is 37.7 Å². The molecule has 106 valence electrons. The van der Waals surface area contributed by atoms with E-state index < -0.39 is 5.60 Å². The van der Waals surface area contributed by atoms with E-state index in [9.17, 15) is 4.79 Å². The van der Waals surface area contributed by atoms with E-state index in [1.165, 1.54) is 0 Å². The van der Waals surface area contributed by atoms with Crippen LogP contribution in [0.15, 0.2) is 30.3 Å². The Morgan fingerprint density at radius 2 is 2.20 bits per heavy atom. The molecule has 2 heterocycles. The van der Waals surface area contributed by atoms with E-state index in [1.54, 1.807) is 0 Å². The molecule has 0 N–H and O–H groups in total. The van der Waals surface area contributed by atoms with Gasteiger partial charge in [-0.1, -0.05) is 37.3 Å². The van der Waals surface area contributed by atoms with Gasteiger partial charge in [-0.15, -0.1) is 0 Å². The van der Waals surface area contributed by atoms with Crippen LogP contribution in [0.3, 0.4) is 0 Å². The van der Waals surface area contributed by atoms with Crippen LogP contribution in [0.2, 0.25) is 0 Å². The number of rotatable bonds is 4. The zero-order chi connectivity index (χ0) is 14.2. The molecule has 0 amide bonds. The van der Waals surface area contributed by atoms with Crippen LogP contribution in [0, 0.1) is 5.92 Å². The molecule has 2 bridgehead atoms. The first-order valence-corrected chi connectivity index (χ1v) is 7.16. The van der Waals surface area contributed by atoms with E-state index in [-0.39, 0.29) is 24.0 Å². The summed E-state index contributed by atoms with van der Waals surface area (Å²) in [5.74, 6) is -0.506. The maximum absolute atomic E-state index is 12.4. The van der Waals surface area contributed by atoms with E-state index in [2.05, 4.69) is 0 Å². The maximum atomic E-state index is 12.4. The Hall–Kier alpha value is -1.33. The zero-order valence-electron chi connectivity index (χ0n) is 11.9. The van der Waals surface area contributed by atoms with Crippen molar-refractivity contribution in [2.75, 3.05) is 6.61 Å². The van der Waals surface area contributed by atoms with Gasteiger partial charge in [0.1, 0.15) is 26.0 Å². The van der Waals surface area contributed by atoms with Gasteiger partial charge in [-0.2, -0.15) is 0 Å². The first-order valence-electron chi connectivity index (χ1n) is 7.16. The molecule has 0 aromatic heterocycles. The predicted molar refractivity (Wildman–Crippen MR) is 75.9 cm³/mol. The van der Waals surface area contributed by atoms with E-state index in [4.69, 9.17) is 14.2 Å². The van der Waals surface area contributed by atoms with Gasteiger partial charge >= 0.3 is 5.97 Å². The van der Waals surface area contributed by atoms with Crippen LogP contribution >= 0.6 is 0 Å². The summed E-state index contributed by atoms with van der Waals surface area (Å²) < 4.78 is 17.1. The first kappa shape index (κ1) is 13.6. The average Bonchev–Trinajstić information content (AvgIpc) is 2.98. The fourth-order valence-corrected chi connectivity index (χ4v) is 3.25. The number of carbonyl (C=O) groups excluding carboxylic acids is 1. The molecule has 0 spiro atoms.